The van der Waals surface area contributed by atoms with Crippen LogP contribution in [-0.2, 0) is 16.0 Å². The largest absolute Gasteiger partial charge is 0.462 e. The van der Waals surface area contributed by atoms with Gasteiger partial charge in [-0.25, -0.2) is 4.79 Å². The first-order valence-electron chi connectivity index (χ1n) is 11.7. The summed E-state index contributed by atoms with van der Waals surface area (Å²) in [6.45, 7) is -0.312. The first-order valence-corrected chi connectivity index (χ1v) is 12.0. The summed E-state index contributed by atoms with van der Waals surface area (Å²) in [4.78, 5) is 55.5. The standard InChI is InChI=1S/C28H22ClN3O5/c29-22-11-5-3-10-21(22)25(33)31-24(15-17-16-30-23-12-6-4-7-18(17)23)28(36)37-14-13-32-26(34)19-8-1-2-9-20(19)27(32)35/h1-12,16,24,30H,13-15H2,(H,31,33)/t24-/m1/s1. The maximum atomic E-state index is 13.1. The minimum Gasteiger partial charge on any atom is -0.462 e. The lowest BCUT2D eigenvalue weighted by Gasteiger charge is -2.19. The highest BCUT2D eigenvalue weighted by atomic mass is 35.5. The fraction of sp³-hybridized carbons (Fsp3) is 0.143. The Morgan fingerprint density at radius 2 is 1.57 bits per heavy atom. The van der Waals surface area contributed by atoms with E-state index >= 15 is 0 Å². The van der Waals surface area contributed by atoms with Gasteiger partial charge in [0.05, 0.1) is 28.3 Å². The van der Waals surface area contributed by atoms with Gasteiger partial charge in [0.2, 0.25) is 0 Å². The van der Waals surface area contributed by atoms with Crippen LogP contribution in [0.1, 0.15) is 36.6 Å². The molecule has 0 saturated heterocycles. The van der Waals surface area contributed by atoms with E-state index in [0.29, 0.717) is 11.1 Å². The van der Waals surface area contributed by atoms with Gasteiger partial charge in [0.25, 0.3) is 17.7 Å². The van der Waals surface area contributed by atoms with Crippen LogP contribution in [0.25, 0.3) is 10.9 Å². The molecule has 3 aromatic carbocycles. The second kappa shape index (κ2) is 10.3. The van der Waals surface area contributed by atoms with Crippen molar-refractivity contribution in [2.24, 2.45) is 0 Å². The summed E-state index contributed by atoms with van der Waals surface area (Å²) in [7, 11) is 0. The molecule has 0 spiro atoms. The highest BCUT2D eigenvalue weighted by Gasteiger charge is 2.35. The van der Waals surface area contributed by atoms with E-state index in [-0.39, 0.29) is 30.2 Å². The van der Waals surface area contributed by atoms with E-state index in [0.717, 1.165) is 21.4 Å². The lowest BCUT2D eigenvalue weighted by atomic mass is 10.0. The molecule has 8 nitrogen and oxygen atoms in total. The molecule has 4 aromatic rings. The molecule has 0 fully saturated rings. The highest BCUT2D eigenvalue weighted by Crippen LogP contribution is 2.23. The van der Waals surface area contributed by atoms with E-state index in [2.05, 4.69) is 10.3 Å². The first kappa shape index (κ1) is 24.3. The van der Waals surface area contributed by atoms with Crippen molar-refractivity contribution in [3.8, 4) is 0 Å². The number of H-pyrrole nitrogens is 1. The molecule has 3 amide bonds. The van der Waals surface area contributed by atoms with Gasteiger partial charge < -0.3 is 15.0 Å². The molecule has 0 saturated carbocycles. The van der Waals surface area contributed by atoms with Crippen LogP contribution in [0.4, 0.5) is 0 Å². The molecule has 1 aromatic heterocycles. The van der Waals surface area contributed by atoms with Gasteiger partial charge >= 0.3 is 5.97 Å². The lowest BCUT2D eigenvalue weighted by Crippen LogP contribution is -2.44. The monoisotopic (exact) mass is 515 g/mol. The van der Waals surface area contributed by atoms with Crippen LogP contribution < -0.4 is 5.32 Å². The molecule has 1 aliphatic heterocycles. The minimum atomic E-state index is -1.04. The zero-order chi connectivity index (χ0) is 25.9. The summed E-state index contributed by atoms with van der Waals surface area (Å²) in [5.41, 5.74) is 2.59. The number of carbonyl (C=O) groups is 4. The molecule has 9 heteroatoms. The van der Waals surface area contributed by atoms with Crippen LogP contribution in [0, 0.1) is 0 Å². The van der Waals surface area contributed by atoms with Crippen LogP contribution in [0.3, 0.4) is 0 Å². The number of fused-ring (bicyclic) bond motifs is 2. The van der Waals surface area contributed by atoms with E-state index in [1.54, 1.807) is 54.7 Å². The third kappa shape index (κ3) is 4.83. The molecule has 37 heavy (non-hydrogen) atoms. The number of ether oxygens (including phenoxy) is 1. The fourth-order valence-electron chi connectivity index (χ4n) is 4.38. The van der Waals surface area contributed by atoms with Gasteiger partial charge in [-0.05, 0) is 35.9 Å². The molecule has 0 bridgehead atoms. The van der Waals surface area contributed by atoms with Crippen molar-refractivity contribution in [3.05, 3.63) is 106 Å². The lowest BCUT2D eigenvalue weighted by molar-refractivity contribution is -0.146. The molecule has 2 N–H and O–H groups in total. The molecule has 0 aliphatic carbocycles. The first-order chi connectivity index (χ1) is 17.9. The average Bonchev–Trinajstić information content (AvgIpc) is 3.42. The van der Waals surface area contributed by atoms with Crippen LogP contribution in [-0.4, -0.2) is 52.8 Å². The van der Waals surface area contributed by atoms with Gasteiger partial charge in [-0.1, -0.05) is 54.1 Å². The number of hydrogen-bond acceptors (Lipinski definition) is 5. The van der Waals surface area contributed by atoms with Crippen LogP contribution >= 0.6 is 11.6 Å². The minimum absolute atomic E-state index is 0.101. The third-order valence-electron chi connectivity index (χ3n) is 6.24. The Hall–Kier alpha value is -4.43. The molecule has 2 heterocycles. The second-order valence-electron chi connectivity index (χ2n) is 8.54. The Labute approximate surface area is 217 Å². The van der Waals surface area contributed by atoms with Crippen molar-refractivity contribution in [2.75, 3.05) is 13.2 Å². The number of aromatic nitrogens is 1. The number of para-hydroxylation sites is 1. The Morgan fingerprint density at radius 1 is 0.919 bits per heavy atom. The summed E-state index contributed by atoms with van der Waals surface area (Å²) in [6.07, 6.45) is 1.94. The average molecular weight is 516 g/mol. The van der Waals surface area contributed by atoms with E-state index in [1.165, 1.54) is 0 Å². The van der Waals surface area contributed by atoms with E-state index in [4.69, 9.17) is 16.3 Å². The van der Waals surface area contributed by atoms with Gasteiger partial charge in [0, 0.05) is 23.5 Å². The normalized spacial score (nSPS) is 13.5. The number of imide groups is 1. The summed E-state index contributed by atoms with van der Waals surface area (Å²) in [5, 5.41) is 3.90. The Morgan fingerprint density at radius 3 is 2.30 bits per heavy atom. The van der Waals surface area contributed by atoms with Gasteiger partial charge in [-0.2, -0.15) is 0 Å². The number of amides is 3. The van der Waals surface area contributed by atoms with Gasteiger partial charge in [-0.3, -0.25) is 19.3 Å². The predicted molar refractivity (Wildman–Crippen MR) is 137 cm³/mol. The molecule has 0 unspecified atom stereocenters. The number of aromatic amines is 1. The number of rotatable bonds is 8. The SMILES string of the molecule is O=C(N[C@H](Cc1c[nH]c2ccccc12)C(=O)OCCN1C(=O)c2ccccc2C1=O)c1ccccc1Cl. The number of halogens is 1. The maximum absolute atomic E-state index is 13.1. The number of nitrogens with zero attached hydrogens (tertiary/aromatic N) is 1. The second-order valence-corrected chi connectivity index (χ2v) is 8.95. The molecular formula is C28H22ClN3O5. The molecular weight excluding hydrogens is 494 g/mol. The van der Waals surface area contributed by atoms with E-state index in [1.807, 2.05) is 24.3 Å². The van der Waals surface area contributed by atoms with Crippen molar-refractivity contribution < 1.29 is 23.9 Å². The third-order valence-corrected chi connectivity index (χ3v) is 6.57. The summed E-state index contributed by atoms with van der Waals surface area (Å²) in [5.74, 6) is -2.08. The van der Waals surface area contributed by atoms with E-state index in [9.17, 15) is 19.2 Å². The quantitative estimate of drug-likeness (QED) is 0.272. The summed E-state index contributed by atoms with van der Waals surface area (Å²) < 4.78 is 5.45. The Kier molecular flexibility index (Phi) is 6.74. The fourth-order valence-corrected chi connectivity index (χ4v) is 4.60. The maximum Gasteiger partial charge on any atom is 0.329 e. The van der Waals surface area contributed by atoms with E-state index < -0.39 is 29.7 Å². The van der Waals surface area contributed by atoms with Crippen LogP contribution in [0.5, 0.6) is 0 Å². The number of hydrogen-bond donors (Lipinski definition) is 2. The van der Waals surface area contributed by atoms with Crippen molar-refractivity contribution in [1.29, 1.82) is 0 Å². The Bertz CT molecular complexity index is 1490. The number of carbonyl (C=O) groups excluding carboxylic acids is 4. The zero-order valence-corrected chi connectivity index (χ0v) is 20.3. The molecule has 0 radical (unpaired) electrons. The number of benzene rings is 3. The molecule has 1 aliphatic rings. The zero-order valence-electron chi connectivity index (χ0n) is 19.6. The summed E-state index contributed by atoms with van der Waals surface area (Å²) in [6, 6.07) is 19.7. The van der Waals surface area contributed by atoms with Crippen molar-refractivity contribution in [3.63, 3.8) is 0 Å². The number of nitrogens with one attached hydrogen (secondary N) is 2. The molecule has 1 atom stereocenters. The Balaban J connectivity index is 1.30. The van der Waals surface area contributed by atoms with Gasteiger partial charge in [-0.15, -0.1) is 0 Å². The van der Waals surface area contributed by atoms with Gasteiger partial charge in [0.1, 0.15) is 12.6 Å². The van der Waals surface area contributed by atoms with Crippen LogP contribution in [0.15, 0.2) is 79.0 Å². The van der Waals surface area contributed by atoms with Crippen molar-refractivity contribution in [1.82, 2.24) is 15.2 Å². The topological polar surface area (TPSA) is 109 Å². The molecule has 5 rings (SSSR count). The highest BCUT2D eigenvalue weighted by molar-refractivity contribution is 6.33. The van der Waals surface area contributed by atoms with Crippen molar-refractivity contribution >= 4 is 46.2 Å². The summed E-state index contributed by atoms with van der Waals surface area (Å²) >= 11 is 6.17. The van der Waals surface area contributed by atoms with Gasteiger partial charge in [0.15, 0.2) is 0 Å². The smallest absolute Gasteiger partial charge is 0.329 e. The molecule has 186 valence electrons. The predicted octanol–water partition coefficient (Wildman–Crippen LogP) is 4.00. The van der Waals surface area contributed by atoms with Crippen molar-refractivity contribution in [2.45, 2.75) is 12.5 Å². The number of esters is 1. The van der Waals surface area contributed by atoms with Crippen LogP contribution in [0.2, 0.25) is 5.02 Å².